The van der Waals surface area contributed by atoms with Gasteiger partial charge >= 0.3 is 6.09 Å². The number of carbonyl (C=O) groups excluding carboxylic acids is 2. The average Bonchev–Trinajstić information content (AvgIpc) is 2.88. The molecule has 0 aromatic rings. The Hall–Kier alpha value is -1.26. The summed E-state index contributed by atoms with van der Waals surface area (Å²) in [5.74, 6) is 1.46. The number of rotatable bonds is 2. The largest absolute Gasteiger partial charge is 0.444 e. The van der Waals surface area contributed by atoms with Gasteiger partial charge in [-0.2, -0.15) is 0 Å². The summed E-state index contributed by atoms with van der Waals surface area (Å²) in [6.45, 7) is 14.2. The Balaban J connectivity index is 2.05. The molecule has 1 unspecified atom stereocenters. The van der Waals surface area contributed by atoms with Crippen LogP contribution < -0.4 is 0 Å². The monoisotopic (exact) mass is 338 g/mol. The van der Waals surface area contributed by atoms with Crippen LogP contribution in [0.4, 0.5) is 4.79 Å². The summed E-state index contributed by atoms with van der Waals surface area (Å²) < 4.78 is 5.52. The number of nitrogens with zero attached hydrogens (tertiary/aromatic N) is 2. The fourth-order valence-electron chi connectivity index (χ4n) is 3.91. The lowest BCUT2D eigenvalue weighted by atomic mass is 9.85. The van der Waals surface area contributed by atoms with E-state index >= 15 is 0 Å². The SMILES string of the molecule is CC(C)C1CCN(C(=O)C2(C)CCCN2C(=O)OC(C)(C)C)CC1. The van der Waals surface area contributed by atoms with Gasteiger partial charge in [0.25, 0.3) is 0 Å². The van der Waals surface area contributed by atoms with Crippen molar-refractivity contribution in [3.8, 4) is 0 Å². The summed E-state index contributed by atoms with van der Waals surface area (Å²) in [6.07, 6.45) is 3.32. The van der Waals surface area contributed by atoms with E-state index in [1.54, 1.807) is 4.90 Å². The highest BCUT2D eigenvalue weighted by Gasteiger charge is 2.49. The normalized spacial score (nSPS) is 26.1. The van der Waals surface area contributed by atoms with E-state index < -0.39 is 11.1 Å². The minimum Gasteiger partial charge on any atom is -0.444 e. The number of hydrogen-bond donors (Lipinski definition) is 0. The molecule has 0 saturated carbocycles. The smallest absolute Gasteiger partial charge is 0.411 e. The summed E-state index contributed by atoms with van der Waals surface area (Å²) in [5.41, 5.74) is -1.30. The molecule has 5 nitrogen and oxygen atoms in total. The van der Waals surface area contributed by atoms with Crippen LogP contribution in [0, 0.1) is 11.8 Å². The van der Waals surface area contributed by atoms with Crippen molar-refractivity contribution in [1.29, 1.82) is 0 Å². The Labute approximate surface area is 146 Å². The number of carbonyl (C=O) groups is 2. The summed E-state index contributed by atoms with van der Waals surface area (Å²) in [6, 6.07) is 0. The van der Waals surface area contributed by atoms with E-state index in [9.17, 15) is 9.59 Å². The maximum atomic E-state index is 13.2. The van der Waals surface area contributed by atoms with E-state index in [1.165, 1.54) is 0 Å². The molecule has 1 atom stereocenters. The van der Waals surface area contributed by atoms with E-state index in [2.05, 4.69) is 13.8 Å². The molecule has 2 aliphatic rings. The topological polar surface area (TPSA) is 49.9 Å². The quantitative estimate of drug-likeness (QED) is 0.772. The molecule has 0 spiro atoms. The predicted molar refractivity (Wildman–Crippen MR) is 94.7 cm³/mol. The highest BCUT2D eigenvalue weighted by molar-refractivity contribution is 5.90. The molecule has 0 N–H and O–H groups in total. The molecular weight excluding hydrogens is 304 g/mol. The number of amides is 2. The highest BCUT2D eigenvalue weighted by Crippen LogP contribution is 2.34. The molecule has 0 aromatic carbocycles. The molecule has 2 amide bonds. The second kappa shape index (κ2) is 6.93. The first kappa shape index (κ1) is 19.1. The van der Waals surface area contributed by atoms with Crippen LogP contribution in [0.3, 0.4) is 0 Å². The van der Waals surface area contributed by atoms with E-state index in [1.807, 2.05) is 32.6 Å². The van der Waals surface area contributed by atoms with E-state index in [0.717, 1.165) is 38.8 Å². The first-order valence-electron chi connectivity index (χ1n) is 9.34. The average molecular weight is 338 g/mol. The van der Waals surface area contributed by atoms with Gasteiger partial charge in [-0.05, 0) is 65.2 Å². The Morgan fingerprint density at radius 2 is 1.71 bits per heavy atom. The third-order valence-corrected chi connectivity index (χ3v) is 5.49. The van der Waals surface area contributed by atoms with Gasteiger partial charge in [-0.15, -0.1) is 0 Å². The molecule has 0 aliphatic carbocycles. The van der Waals surface area contributed by atoms with Crippen molar-refractivity contribution in [1.82, 2.24) is 9.80 Å². The number of likely N-dealkylation sites (tertiary alicyclic amines) is 2. The van der Waals surface area contributed by atoms with Gasteiger partial charge in [-0.3, -0.25) is 9.69 Å². The van der Waals surface area contributed by atoms with Crippen LogP contribution >= 0.6 is 0 Å². The van der Waals surface area contributed by atoms with Gasteiger partial charge in [0, 0.05) is 19.6 Å². The van der Waals surface area contributed by atoms with Crippen molar-refractivity contribution >= 4 is 12.0 Å². The first-order chi connectivity index (χ1) is 11.0. The lowest BCUT2D eigenvalue weighted by Gasteiger charge is -2.41. The Kier molecular flexibility index (Phi) is 5.50. The molecule has 0 radical (unpaired) electrons. The second-order valence-corrected chi connectivity index (χ2v) is 8.88. The van der Waals surface area contributed by atoms with Crippen LogP contribution in [0.1, 0.15) is 67.2 Å². The predicted octanol–water partition coefficient (Wildman–Crippen LogP) is 3.67. The van der Waals surface area contributed by atoms with Crippen LogP contribution in [0.25, 0.3) is 0 Å². The molecule has 2 fully saturated rings. The zero-order valence-corrected chi connectivity index (χ0v) is 16.2. The number of hydrogen-bond acceptors (Lipinski definition) is 3. The van der Waals surface area contributed by atoms with Crippen molar-refractivity contribution in [3.63, 3.8) is 0 Å². The second-order valence-electron chi connectivity index (χ2n) is 8.88. The zero-order valence-electron chi connectivity index (χ0n) is 16.2. The van der Waals surface area contributed by atoms with E-state index in [4.69, 9.17) is 4.74 Å². The van der Waals surface area contributed by atoms with Gasteiger partial charge in [0.15, 0.2) is 0 Å². The zero-order chi connectivity index (χ0) is 18.1. The molecule has 24 heavy (non-hydrogen) atoms. The Morgan fingerprint density at radius 1 is 1.12 bits per heavy atom. The van der Waals surface area contributed by atoms with Crippen molar-refractivity contribution in [2.45, 2.75) is 78.4 Å². The van der Waals surface area contributed by atoms with Gasteiger partial charge in [0.05, 0.1) is 0 Å². The molecule has 0 aromatic heterocycles. The van der Waals surface area contributed by atoms with E-state index in [0.29, 0.717) is 18.4 Å². The summed E-state index contributed by atoms with van der Waals surface area (Å²) in [7, 11) is 0. The van der Waals surface area contributed by atoms with Gasteiger partial charge < -0.3 is 9.64 Å². The standard InChI is InChI=1S/C19H34N2O3/c1-14(2)15-8-12-20(13-9-15)16(22)19(6)10-7-11-21(19)17(23)24-18(3,4)5/h14-15H,7-13H2,1-6H3. The third-order valence-electron chi connectivity index (χ3n) is 5.49. The lowest BCUT2D eigenvalue weighted by Crippen LogP contribution is -2.58. The van der Waals surface area contributed by atoms with Gasteiger partial charge in [0.1, 0.15) is 11.1 Å². The fourth-order valence-corrected chi connectivity index (χ4v) is 3.91. The summed E-state index contributed by atoms with van der Waals surface area (Å²) in [5, 5.41) is 0. The number of ether oxygens (including phenoxy) is 1. The fraction of sp³-hybridized carbons (Fsp3) is 0.895. The first-order valence-corrected chi connectivity index (χ1v) is 9.34. The van der Waals surface area contributed by atoms with Gasteiger partial charge in [0.2, 0.25) is 5.91 Å². The minimum atomic E-state index is -0.757. The Bertz CT molecular complexity index is 475. The van der Waals surface area contributed by atoms with Crippen molar-refractivity contribution < 1.29 is 14.3 Å². The van der Waals surface area contributed by atoms with Crippen molar-refractivity contribution in [2.75, 3.05) is 19.6 Å². The Morgan fingerprint density at radius 3 is 2.21 bits per heavy atom. The van der Waals surface area contributed by atoms with Crippen molar-refractivity contribution in [3.05, 3.63) is 0 Å². The van der Waals surface area contributed by atoms with E-state index in [-0.39, 0.29) is 12.0 Å². The maximum absolute atomic E-state index is 13.2. The van der Waals surface area contributed by atoms with Gasteiger partial charge in [-0.25, -0.2) is 4.79 Å². The molecule has 5 heteroatoms. The van der Waals surface area contributed by atoms with Crippen molar-refractivity contribution in [2.24, 2.45) is 11.8 Å². The van der Waals surface area contributed by atoms with Gasteiger partial charge in [-0.1, -0.05) is 13.8 Å². The highest BCUT2D eigenvalue weighted by atomic mass is 16.6. The molecule has 2 aliphatic heterocycles. The summed E-state index contributed by atoms with van der Waals surface area (Å²) >= 11 is 0. The molecule has 138 valence electrons. The molecular formula is C19H34N2O3. The molecule has 2 saturated heterocycles. The summed E-state index contributed by atoms with van der Waals surface area (Å²) in [4.78, 5) is 29.3. The maximum Gasteiger partial charge on any atom is 0.411 e. The van der Waals surface area contributed by atoms with Crippen LogP contribution in [0.15, 0.2) is 0 Å². The number of piperidine rings is 1. The van der Waals surface area contributed by atoms with Crippen LogP contribution in [-0.4, -0.2) is 52.6 Å². The third kappa shape index (κ3) is 4.04. The minimum absolute atomic E-state index is 0.0908. The molecule has 2 rings (SSSR count). The molecule has 2 heterocycles. The van der Waals surface area contributed by atoms with Crippen LogP contribution in [-0.2, 0) is 9.53 Å². The van der Waals surface area contributed by atoms with Crippen LogP contribution in [0.5, 0.6) is 0 Å². The molecule has 0 bridgehead atoms. The van der Waals surface area contributed by atoms with Crippen LogP contribution in [0.2, 0.25) is 0 Å². The lowest BCUT2D eigenvalue weighted by molar-refractivity contribution is -0.143.